The molecule has 0 saturated heterocycles. The zero-order valence-electron chi connectivity index (χ0n) is 33.8. The summed E-state index contributed by atoms with van der Waals surface area (Å²) in [4.78, 5) is 8.02. The first kappa shape index (κ1) is 36.7. The molecule has 4 nitrogen and oxygen atoms in total. The molecule has 59 heavy (non-hydrogen) atoms. The lowest BCUT2D eigenvalue weighted by Gasteiger charge is -2.35. The molecule has 4 aliphatic rings. The van der Waals surface area contributed by atoms with Crippen LogP contribution in [0.15, 0.2) is 181 Å². The Labute approximate surface area is 347 Å². The largest absolute Gasteiger partial charge is 0.369 e. The number of fused-ring (bicyclic) bond motifs is 10. The van der Waals surface area contributed by atoms with Crippen molar-refractivity contribution in [1.82, 2.24) is 4.57 Å². The monoisotopic (exact) mass is 766 g/mol. The van der Waals surface area contributed by atoms with Crippen LogP contribution in [0.5, 0.6) is 0 Å². The first-order valence-corrected chi connectivity index (χ1v) is 21.2. The normalized spacial score (nSPS) is 19.8. The molecule has 0 bridgehead atoms. The summed E-state index contributed by atoms with van der Waals surface area (Å²) >= 11 is 0. The highest BCUT2D eigenvalue weighted by atomic mass is 15.2. The predicted octanol–water partition coefficient (Wildman–Crippen LogP) is 13.4. The molecule has 290 valence electrons. The maximum absolute atomic E-state index is 7.35. The highest BCUT2D eigenvalue weighted by molar-refractivity contribution is 6.20. The van der Waals surface area contributed by atoms with Gasteiger partial charge in [0, 0.05) is 39.6 Å². The summed E-state index contributed by atoms with van der Waals surface area (Å²) in [6, 6.07) is 33.7. The van der Waals surface area contributed by atoms with Crippen molar-refractivity contribution >= 4 is 55.9 Å². The van der Waals surface area contributed by atoms with Crippen LogP contribution in [-0.2, 0) is 6.42 Å². The third-order valence-electron chi connectivity index (χ3n) is 12.9. The Hall–Kier alpha value is -6.65. The van der Waals surface area contributed by atoms with E-state index in [4.69, 9.17) is 10.7 Å². The van der Waals surface area contributed by atoms with Gasteiger partial charge in [-0.2, -0.15) is 0 Å². The van der Waals surface area contributed by atoms with Gasteiger partial charge in [-0.15, -0.1) is 6.58 Å². The number of allylic oxidation sites excluding steroid dienone is 9. The first-order valence-electron chi connectivity index (χ1n) is 21.2. The van der Waals surface area contributed by atoms with Crippen molar-refractivity contribution in [2.45, 2.75) is 63.5 Å². The zero-order valence-corrected chi connectivity index (χ0v) is 33.8. The highest BCUT2D eigenvalue weighted by Crippen LogP contribution is 2.52. The molecule has 0 spiro atoms. The molecule has 5 aromatic carbocycles. The van der Waals surface area contributed by atoms with E-state index >= 15 is 0 Å². The number of nitrogens with two attached hydrogens (primary N) is 1. The van der Waals surface area contributed by atoms with Crippen LogP contribution in [0.1, 0.15) is 67.3 Å². The molecule has 2 unspecified atom stereocenters. The van der Waals surface area contributed by atoms with Gasteiger partial charge in [0.15, 0.2) is 0 Å². The lowest BCUT2D eigenvalue weighted by atomic mass is 9.85. The topological polar surface area (TPSA) is 46.5 Å². The van der Waals surface area contributed by atoms with Crippen LogP contribution < -0.4 is 10.6 Å². The Morgan fingerprint density at radius 1 is 0.847 bits per heavy atom. The van der Waals surface area contributed by atoms with Crippen LogP contribution in [0, 0.1) is 0 Å². The van der Waals surface area contributed by atoms with E-state index in [1.54, 1.807) is 0 Å². The molecule has 0 saturated carbocycles. The van der Waals surface area contributed by atoms with Crippen LogP contribution in [0.4, 0.5) is 5.69 Å². The van der Waals surface area contributed by atoms with Crippen molar-refractivity contribution in [3.8, 4) is 11.1 Å². The number of rotatable bonds is 8. The van der Waals surface area contributed by atoms with E-state index in [9.17, 15) is 0 Å². The summed E-state index contributed by atoms with van der Waals surface area (Å²) in [6.07, 6.45) is 30.5. The lowest BCUT2D eigenvalue weighted by Crippen LogP contribution is -2.40. The summed E-state index contributed by atoms with van der Waals surface area (Å²) in [5.74, 6) is 0.682. The molecule has 6 aromatic rings. The fourth-order valence-electron chi connectivity index (χ4n) is 10.2. The van der Waals surface area contributed by atoms with E-state index in [1.807, 2.05) is 6.07 Å². The molecule has 3 aliphatic carbocycles. The second-order valence-electron chi connectivity index (χ2n) is 16.2. The van der Waals surface area contributed by atoms with E-state index < -0.39 is 0 Å². The maximum Gasteiger partial charge on any atom is 0.205 e. The average molecular weight is 767 g/mol. The molecule has 0 radical (unpaired) electrons. The number of benzene rings is 5. The van der Waals surface area contributed by atoms with E-state index in [1.165, 1.54) is 54.9 Å². The maximum atomic E-state index is 7.35. The third kappa shape index (κ3) is 6.09. The number of nitrogens with zero attached hydrogens (tertiary/aromatic N) is 3. The lowest BCUT2D eigenvalue weighted by molar-refractivity contribution is 0.588. The average Bonchev–Trinajstić information content (AvgIpc) is 3.80. The summed E-state index contributed by atoms with van der Waals surface area (Å²) in [5, 5.41) is 6.25. The first-order chi connectivity index (χ1) is 29.1. The van der Waals surface area contributed by atoms with Crippen LogP contribution in [0.25, 0.3) is 55.3 Å². The minimum Gasteiger partial charge on any atom is -0.369 e. The SMILES string of the molecule is C=CC(CC/C=C\C)N1c2c(cc(-c3cc4c(c5c(n4/C(N)=N/C(=C4/C=CCCC4=C)c4ccccc4)C=CCC5)c4ccccc34)c3ccccc23)[C@@H]2C=CC=CC21. The summed E-state index contributed by atoms with van der Waals surface area (Å²) in [5.41, 5.74) is 20.0. The molecule has 1 aromatic heterocycles. The number of hydrogen-bond acceptors (Lipinski definition) is 2. The smallest absolute Gasteiger partial charge is 0.205 e. The number of aliphatic imine (C=N–C) groups is 1. The minimum atomic E-state index is 0.199. The molecule has 2 heterocycles. The highest BCUT2D eigenvalue weighted by Gasteiger charge is 2.41. The summed E-state index contributed by atoms with van der Waals surface area (Å²) < 4.78 is 2.22. The van der Waals surface area contributed by atoms with E-state index in [0.717, 1.165) is 72.1 Å². The van der Waals surface area contributed by atoms with Crippen LogP contribution >= 0.6 is 0 Å². The van der Waals surface area contributed by atoms with Gasteiger partial charge in [-0.25, -0.2) is 4.99 Å². The molecule has 0 amide bonds. The molecule has 2 N–H and O–H groups in total. The minimum absolute atomic E-state index is 0.199. The molecule has 10 rings (SSSR count). The summed E-state index contributed by atoms with van der Waals surface area (Å²) in [6.45, 7) is 10.9. The van der Waals surface area contributed by atoms with Crippen LogP contribution in [-0.4, -0.2) is 22.6 Å². The predicted molar refractivity (Wildman–Crippen MR) is 253 cm³/mol. The standard InChI is InChI=1S/C55H50N4/c1-4-6-8-24-38(5-2)58-49-32-19-17-28-42(49)48-34-46(41-27-14-16-30-44(41)54(48)58)47-35-51-52(43-29-15-13-26-40(43)47)45-31-18-20-33-50(45)59(51)55(56)57-53(37-22-9-7-10-23-37)39-25-12-11-21-36(39)3/h4-7,9-10,12-17,19-20,22-23,25-30,32-35,38,42,49H,2-3,8,11,18,21,24,31H2,1H3,(H2,56,57)/b6-4-,53-39-/t38?,42-,49?/m0/s1. The number of anilines is 1. The van der Waals surface area contributed by atoms with Crippen LogP contribution in [0.2, 0.25) is 0 Å². The van der Waals surface area contributed by atoms with Crippen molar-refractivity contribution in [3.63, 3.8) is 0 Å². The third-order valence-corrected chi connectivity index (χ3v) is 12.9. The molecule has 1 aliphatic heterocycles. The van der Waals surface area contributed by atoms with Gasteiger partial charge in [0.2, 0.25) is 5.96 Å². The number of hydrogen-bond donors (Lipinski definition) is 1. The van der Waals surface area contributed by atoms with Crippen molar-refractivity contribution in [1.29, 1.82) is 0 Å². The van der Waals surface area contributed by atoms with Gasteiger partial charge in [0.05, 0.1) is 22.9 Å². The Morgan fingerprint density at radius 2 is 1.54 bits per heavy atom. The number of aryl methyl sites for hydroxylation is 1. The van der Waals surface area contributed by atoms with Gasteiger partial charge < -0.3 is 10.6 Å². The summed E-state index contributed by atoms with van der Waals surface area (Å²) in [7, 11) is 0. The second kappa shape index (κ2) is 15.3. The second-order valence-corrected chi connectivity index (χ2v) is 16.2. The molecule has 3 atom stereocenters. The number of aromatic nitrogens is 1. The van der Waals surface area contributed by atoms with Crippen molar-refractivity contribution in [2.24, 2.45) is 10.7 Å². The molecular weight excluding hydrogens is 717 g/mol. The van der Waals surface area contributed by atoms with Gasteiger partial charge in [0.25, 0.3) is 0 Å². The van der Waals surface area contributed by atoms with E-state index in [2.05, 4.69) is 181 Å². The van der Waals surface area contributed by atoms with E-state index in [0.29, 0.717) is 5.96 Å². The molecule has 4 heteroatoms. The fraction of sp³-hybridized carbons (Fsp3) is 0.182. The van der Waals surface area contributed by atoms with Gasteiger partial charge in [-0.05, 0) is 108 Å². The molecule has 0 fully saturated rings. The van der Waals surface area contributed by atoms with Crippen molar-refractivity contribution in [3.05, 3.63) is 198 Å². The quantitative estimate of drug-likeness (QED) is 0.0953. The van der Waals surface area contributed by atoms with Gasteiger partial charge in [0.1, 0.15) is 0 Å². The van der Waals surface area contributed by atoms with Gasteiger partial charge >= 0.3 is 0 Å². The molecular formula is C55H50N4. The van der Waals surface area contributed by atoms with Crippen molar-refractivity contribution in [2.75, 3.05) is 4.90 Å². The van der Waals surface area contributed by atoms with Crippen molar-refractivity contribution < 1.29 is 0 Å². The van der Waals surface area contributed by atoms with Gasteiger partial charge in [-0.3, -0.25) is 4.57 Å². The van der Waals surface area contributed by atoms with Crippen LogP contribution in [0.3, 0.4) is 0 Å². The van der Waals surface area contributed by atoms with E-state index in [-0.39, 0.29) is 18.0 Å². The zero-order chi connectivity index (χ0) is 40.0. The van der Waals surface area contributed by atoms with Gasteiger partial charge in [-0.1, -0.05) is 146 Å². The Kier molecular flexibility index (Phi) is 9.49. The fourth-order valence-corrected chi connectivity index (χ4v) is 10.2. The Balaban J connectivity index is 1.24. The Morgan fingerprint density at radius 3 is 2.32 bits per heavy atom. The Bertz CT molecular complexity index is 2910.